The Kier molecular flexibility index (Phi) is 5.76. The highest BCUT2D eigenvalue weighted by Gasteiger charge is 2.23. The van der Waals surface area contributed by atoms with Crippen LogP contribution >= 0.6 is 11.3 Å². The molecule has 1 aliphatic heterocycles. The van der Waals surface area contributed by atoms with Crippen LogP contribution in [0.1, 0.15) is 72.7 Å². The molecule has 0 aliphatic carbocycles. The molecule has 2 rings (SSSR count). The molecule has 1 N–H and O–H groups in total. The molecule has 0 bridgehead atoms. The molecule has 5 heteroatoms. The molecule has 1 aliphatic rings. The molecule has 0 amide bonds. The van der Waals surface area contributed by atoms with Gasteiger partial charge >= 0.3 is 5.97 Å². The molecular weight excluding hydrogens is 284 g/mol. The van der Waals surface area contributed by atoms with Crippen LogP contribution in [0.5, 0.6) is 0 Å². The molecule has 1 unspecified atom stereocenters. The predicted octanol–water partition coefficient (Wildman–Crippen LogP) is 3.77. The summed E-state index contributed by atoms with van der Waals surface area (Å²) in [6.45, 7) is 8.44. The van der Waals surface area contributed by atoms with E-state index in [1.54, 1.807) is 0 Å². The number of aromatic nitrogens is 1. The summed E-state index contributed by atoms with van der Waals surface area (Å²) in [4.78, 5) is 18.9. The van der Waals surface area contributed by atoms with Crippen LogP contribution in [0.3, 0.4) is 0 Å². The number of hydrogen-bond acceptors (Lipinski definition) is 4. The van der Waals surface area contributed by atoms with Crippen LogP contribution in [0.4, 0.5) is 0 Å². The lowest BCUT2D eigenvalue weighted by molar-refractivity contribution is 0.0700. The fourth-order valence-electron chi connectivity index (χ4n) is 3.09. The number of carboxylic acid groups (broad SMARTS) is 1. The highest BCUT2D eigenvalue weighted by molar-refractivity contribution is 7.13. The van der Waals surface area contributed by atoms with Gasteiger partial charge in [-0.25, -0.2) is 9.78 Å². The number of rotatable bonds is 6. The van der Waals surface area contributed by atoms with E-state index in [0.29, 0.717) is 10.9 Å². The molecule has 0 saturated carbocycles. The molecule has 2 heterocycles. The zero-order valence-electron chi connectivity index (χ0n) is 13.3. The van der Waals surface area contributed by atoms with Gasteiger partial charge in [-0.05, 0) is 31.7 Å². The summed E-state index contributed by atoms with van der Waals surface area (Å²) in [7, 11) is 0. The maximum atomic E-state index is 11.3. The normalized spacial score (nSPS) is 20.1. The zero-order valence-corrected chi connectivity index (χ0v) is 14.1. The van der Waals surface area contributed by atoms with Crippen LogP contribution < -0.4 is 0 Å². The Morgan fingerprint density at radius 3 is 2.81 bits per heavy atom. The monoisotopic (exact) mass is 310 g/mol. The Labute approximate surface area is 131 Å². The van der Waals surface area contributed by atoms with Gasteiger partial charge in [0.1, 0.15) is 4.88 Å². The maximum absolute atomic E-state index is 11.3. The van der Waals surface area contributed by atoms with Gasteiger partial charge < -0.3 is 5.11 Å². The molecular formula is C16H26N2O2S. The van der Waals surface area contributed by atoms with Crippen LogP contribution in [0.15, 0.2) is 0 Å². The molecule has 4 nitrogen and oxygen atoms in total. The van der Waals surface area contributed by atoms with Gasteiger partial charge in [0, 0.05) is 19.0 Å². The Morgan fingerprint density at radius 2 is 2.24 bits per heavy atom. The van der Waals surface area contributed by atoms with Crippen molar-refractivity contribution in [2.45, 2.75) is 64.8 Å². The van der Waals surface area contributed by atoms with Crippen molar-refractivity contribution < 1.29 is 9.90 Å². The first-order chi connectivity index (χ1) is 10.0. The average Bonchev–Trinajstić information content (AvgIpc) is 2.90. The SMILES string of the molecule is CCC1CCCCN1CCc1nc(C(C)C)c(C(=O)O)s1. The van der Waals surface area contributed by atoms with Crippen LogP contribution in [0.2, 0.25) is 0 Å². The Morgan fingerprint density at radius 1 is 1.48 bits per heavy atom. The zero-order chi connectivity index (χ0) is 15.4. The largest absolute Gasteiger partial charge is 0.477 e. The minimum Gasteiger partial charge on any atom is -0.477 e. The smallest absolute Gasteiger partial charge is 0.347 e. The van der Waals surface area contributed by atoms with E-state index in [4.69, 9.17) is 0 Å². The second-order valence-corrected chi connectivity index (χ2v) is 7.21. The second-order valence-electron chi connectivity index (χ2n) is 6.13. The Bertz CT molecular complexity index is 485. The Hall–Kier alpha value is -0.940. The van der Waals surface area contributed by atoms with E-state index in [0.717, 1.165) is 23.7 Å². The molecule has 1 saturated heterocycles. The Balaban J connectivity index is 2.02. The second kappa shape index (κ2) is 7.36. The van der Waals surface area contributed by atoms with Crippen molar-refractivity contribution >= 4 is 17.3 Å². The van der Waals surface area contributed by atoms with Gasteiger partial charge in [-0.1, -0.05) is 27.2 Å². The van der Waals surface area contributed by atoms with Gasteiger partial charge in [-0.15, -0.1) is 11.3 Å². The lowest BCUT2D eigenvalue weighted by atomic mass is 10.00. The van der Waals surface area contributed by atoms with E-state index in [1.807, 2.05) is 13.8 Å². The third-order valence-electron chi connectivity index (χ3n) is 4.27. The van der Waals surface area contributed by atoms with Crippen LogP contribution in [0.25, 0.3) is 0 Å². The standard InChI is InChI=1S/C16H26N2O2S/c1-4-12-7-5-6-9-18(12)10-8-13-17-14(11(2)3)15(21-13)16(19)20/h11-12H,4-10H2,1-3H3,(H,19,20). The van der Waals surface area contributed by atoms with Gasteiger partial charge in [0.25, 0.3) is 0 Å². The summed E-state index contributed by atoms with van der Waals surface area (Å²) in [6, 6.07) is 0.697. The van der Waals surface area contributed by atoms with E-state index in [-0.39, 0.29) is 5.92 Å². The topological polar surface area (TPSA) is 53.4 Å². The quantitative estimate of drug-likeness (QED) is 0.869. The minimum atomic E-state index is -0.841. The summed E-state index contributed by atoms with van der Waals surface area (Å²) in [6.07, 6.45) is 5.99. The molecule has 1 aromatic rings. The summed E-state index contributed by atoms with van der Waals surface area (Å²) in [5.74, 6) is -0.675. The van der Waals surface area contributed by atoms with Gasteiger partial charge in [-0.3, -0.25) is 4.90 Å². The third kappa shape index (κ3) is 4.04. The van der Waals surface area contributed by atoms with E-state index in [1.165, 1.54) is 43.6 Å². The van der Waals surface area contributed by atoms with Crippen molar-refractivity contribution in [1.82, 2.24) is 9.88 Å². The van der Waals surface area contributed by atoms with Crippen molar-refractivity contribution in [1.29, 1.82) is 0 Å². The third-order valence-corrected chi connectivity index (χ3v) is 5.39. The van der Waals surface area contributed by atoms with Gasteiger partial charge in [0.15, 0.2) is 0 Å². The first-order valence-electron chi connectivity index (χ1n) is 7.99. The molecule has 118 valence electrons. The van der Waals surface area contributed by atoms with Crippen LogP contribution in [-0.2, 0) is 6.42 Å². The molecule has 1 atom stereocenters. The summed E-state index contributed by atoms with van der Waals surface area (Å²) >= 11 is 1.36. The van der Waals surface area contributed by atoms with Crippen molar-refractivity contribution in [3.05, 3.63) is 15.6 Å². The summed E-state index contributed by atoms with van der Waals surface area (Å²) in [5, 5.41) is 10.3. The molecule has 0 aromatic carbocycles. The minimum absolute atomic E-state index is 0.166. The number of carbonyl (C=O) groups is 1. The first-order valence-corrected chi connectivity index (χ1v) is 8.81. The fourth-order valence-corrected chi connectivity index (χ4v) is 4.13. The van der Waals surface area contributed by atoms with Crippen LogP contribution in [-0.4, -0.2) is 40.1 Å². The number of aromatic carboxylic acids is 1. The van der Waals surface area contributed by atoms with E-state index >= 15 is 0 Å². The first kappa shape index (κ1) is 16.4. The van der Waals surface area contributed by atoms with E-state index in [2.05, 4.69) is 16.8 Å². The summed E-state index contributed by atoms with van der Waals surface area (Å²) in [5.41, 5.74) is 0.744. The highest BCUT2D eigenvalue weighted by Crippen LogP contribution is 2.26. The van der Waals surface area contributed by atoms with Gasteiger partial charge in [-0.2, -0.15) is 0 Å². The summed E-state index contributed by atoms with van der Waals surface area (Å²) < 4.78 is 0. The molecule has 0 radical (unpaired) electrons. The number of piperidine rings is 1. The van der Waals surface area contributed by atoms with Crippen LogP contribution in [0, 0.1) is 0 Å². The lowest BCUT2D eigenvalue weighted by Crippen LogP contribution is -2.40. The van der Waals surface area contributed by atoms with Gasteiger partial charge in [0.2, 0.25) is 0 Å². The van der Waals surface area contributed by atoms with Crippen molar-refractivity contribution in [3.8, 4) is 0 Å². The van der Waals surface area contributed by atoms with Crippen molar-refractivity contribution in [2.24, 2.45) is 0 Å². The predicted molar refractivity (Wildman–Crippen MR) is 86.4 cm³/mol. The molecule has 21 heavy (non-hydrogen) atoms. The average molecular weight is 310 g/mol. The van der Waals surface area contributed by atoms with Crippen molar-refractivity contribution in [2.75, 3.05) is 13.1 Å². The van der Waals surface area contributed by atoms with E-state index in [9.17, 15) is 9.90 Å². The lowest BCUT2D eigenvalue weighted by Gasteiger charge is -2.34. The number of nitrogens with zero attached hydrogens (tertiary/aromatic N) is 2. The number of carboxylic acids is 1. The number of hydrogen-bond donors (Lipinski definition) is 1. The fraction of sp³-hybridized carbons (Fsp3) is 0.750. The van der Waals surface area contributed by atoms with Gasteiger partial charge in [0.05, 0.1) is 10.7 Å². The van der Waals surface area contributed by atoms with E-state index < -0.39 is 5.97 Å². The molecule has 1 aromatic heterocycles. The highest BCUT2D eigenvalue weighted by atomic mass is 32.1. The maximum Gasteiger partial charge on any atom is 0.347 e. The number of thiazole rings is 1. The van der Waals surface area contributed by atoms with Crippen molar-refractivity contribution in [3.63, 3.8) is 0 Å². The molecule has 0 spiro atoms. The number of likely N-dealkylation sites (tertiary alicyclic amines) is 1. The molecule has 1 fully saturated rings.